The molecule has 2 rings (SSSR count). The first-order valence-corrected chi connectivity index (χ1v) is 7.74. The molecule has 0 spiro atoms. The molecule has 1 amide bonds. The number of thiophene rings is 1. The Morgan fingerprint density at radius 1 is 1.15 bits per heavy atom. The normalized spacial score (nSPS) is 11.2. The first kappa shape index (κ1) is 14.9. The van der Waals surface area contributed by atoms with Gasteiger partial charge in [0, 0.05) is 5.56 Å². The number of carbonyl (C=O) groups is 2. The van der Waals surface area contributed by atoms with Crippen LogP contribution in [0.25, 0.3) is 0 Å². The first-order valence-electron chi connectivity index (χ1n) is 6.07. The number of halogens is 1. The van der Waals surface area contributed by atoms with Crippen LogP contribution < -0.4 is 5.32 Å². The van der Waals surface area contributed by atoms with Crippen LogP contribution in [-0.4, -0.2) is 16.0 Å². The Balaban J connectivity index is 2.26. The van der Waals surface area contributed by atoms with Crippen LogP contribution in [0.3, 0.4) is 0 Å². The maximum absolute atomic E-state index is 12.4. The highest BCUT2D eigenvalue weighted by Crippen LogP contribution is 2.28. The molecule has 1 heterocycles. The van der Waals surface area contributed by atoms with E-state index in [0.717, 1.165) is 0 Å². The quantitative estimate of drug-likeness (QED) is 0.665. The molecule has 0 aliphatic rings. The summed E-state index contributed by atoms with van der Waals surface area (Å²) in [6, 6.07) is 10.8. The van der Waals surface area contributed by atoms with Gasteiger partial charge >= 0.3 is 0 Å². The van der Waals surface area contributed by atoms with Crippen molar-refractivity contribution in [2.45, 2.75) is 18.2 Å². The summed E-state index contributed by atoms with van der Waals surface area (Å²) in [5, 5.41) is 5.17. The number of alkyl halides is 1. The van der Waals surface area contributed by atoms with Crippen LogP contribution in [0.15, 0.2) is 41.8 Å². The Morgan fingerprint density at radius 3 is 2.40 bits per heavy atom. The van der Waals surface area contributed by atoms with E-state index in [1.54, 1.807) is 37.4 Å². The van der Waals surface area contributed by atoms with Crippen molar-refractivity contribution in [3.05, 3.63) is 52.9 Å². The highest BCUT2D eigenvalue weighted by molar-refractivity contribution is 9.10. The van der Waals surface area contributed by atoms with E-state index in [0.29, 0.717) is 16.1 Å². The zero-order valence-corrected chi connectivity index (χ0v) is 13.5. The van der Waals surface area contributed by atoms with Crippen molar-refractivity contribution in [3.63, 3.8) is 0 Å². The summed E-state index contributed by atoms with van der Waals surface area (Å²) in [6.45, 7) is 3.52. The van der Waals surface area contributed by atoms with Gasteiger partial charge in [-0.1, -0.05) is 46.3 Å². The zero-order chi connectivity index (χ0) is 14.8. The number of anilines is 1. The second-order valence-corrected chi connectivity index (χ2v) is 7.68. The summed E-state index contributed by atoms with van der Waals surface area (Å²) in [4.78, 5) is 24.4. The van der Waals surface area contributed by atoms with Crippen molar-refractivity contribution in [1.82, 2.24) is 0 Å². The zero-order valence-electron chi connectivity index (χ0n) is 11.1. The lowest BCUT2D eigenvalue weighted by atomic mass is 10.1. The van der Waals surface area contributed by atoms with Gasteiger partial charge in [-0.15, -0.1) is 11.3 Å². The van der Waals surface area contributed by atoms with Gasteiger partial charge in [-0.2, -0.15) is 0 Å². The molecule has 0 radical (unpaired) electrons. The molecule has 0 saturated heterocycles. The Hall–Kier alpha value is -1.46. The van der Waals surface area contributed by atoms with Crippen LogP contribution >= 0.6 is 27.3 Å². The van der Waals surface area contributed by atoms with Crippen LogP contribution in [0.1, 0.15) is 29.8 Å². The Bertz CT molecular complexity index is 629. The van der Waals surface area contributed by atoms with Crippen molar-refractivity contribution in [2.75, 3.05) is 5.32 Å². The predicted octanol–water partition coefficient (Wildman–Crippen LogP) is 4.09. The third-order valence-corrected chi connectivity index (χ3v) is 3.90. The fourth-order valence-electron chi connectivity index (χ4n) is 1.58. The summed E-state index contributed by atoms with van der Waals surface area (Å²) in [5.41, 5.74) is 1.13. The Labute approximate surface area is 130 Å². The number of rotatable bonds is 4. The van der Waals surface area contributed by atoms with Crippen LogP contribution in [0, 0.1) is 0 Å². The highest BCUT2D eigenvalue weighted by atomic mass is 79.9. The summed E-state index contributed by atoms with van der Waals surface area (Å²) >= 11 is 4.65. The maximum Gasteiger partial charge on any atom is 0.241 e. The minimum Gasteiger partial charge on any atom is -0.316 e. The third kappa shape index (κ3) is 3.35. The van der Waals surface area contributed by atoms with Crippen LogP contribution in [-0.2, 0) is 4.79 Å². The fraction of sp³-hybridized carbons (Fsp3) is 0.200. The smallest absolute Gasteiger partial charge is 0.241 e. The summed E-state index contributed by atoms with van der Waals surface area (Å²) in [6.07, 6.45) is 0. The Kier molecular flexibility index (Phi) is 4.40. The summed E-state index contributed by atoms with van der Waals surface area (Å²) in [5.74, 6) is -0.267. The van der Waals surface area contributed by atoms with Gasteiger partial charge < -0.3 is 5.32 Å². The minimum absolute atomic E-state index is 0.0884. The molecule has 0 bridgehead atoms. The summed E-state index contributed by atoms with van der Waals surface area (Å²) in [7, 11) is 0. The van der Waals surface area contributed by atoms with Crippen molar-refractivity contribution < 1.29 is 9.59 Å². The largest absolute Gasteiger partial charge is 0.316 e. The van der Waals surface area contributed by atoms with E-state index in [2.05, 4.69) is 21.2 Å². The van der Waals surface area contributed by atoms with Gasteiger partial charge in [0.15, 0.2) is 5.78 Å². The number of hydrogen-bond acceptors (Lipinski definition) is 3. The van der Waals surface area contributed by atoms with Crippen molar-refractivity contribution in [2.24, 2.45) is 0 Å². The van der Waals surface area contributed by atoms with E-state index in [1.807, 2.05) is 18.2 Å². The molecule has 3 nitrogen and oxygen atoms in total. The van der Waals surface area contributed by atoms with E-state index in [4.69, 9.17) is 0 Å². The minimum atomic E-state index is -0.677. The number of nitrogens with one attached hydrogen (secondary N) is 1. The number of benzene rings is 1. The van der Waals surface area contributed by atoms with Crippen LogP contribution in [0.4, 0.5) is 5.00 Å². The topological polar surface area (TPSA) is 46.2 Å². The van der Waals surface area contributed by atoms with Gasteiger partial charge in [0.05, 0.1) is 9.89 Å². The lowest BCUT2D eigenvalue weighted by molar-refractivity contribution is -0.117. The molecule has 0 aliphatic carbocycles. The molecule has 1 aromatic heterocycles. The average molecular weight is 352 g/mol. The first-order chi connectivity index (χ1) is 9.39. The molecular formula is C15H14BrNO2S. The lowest BCUT2D eigenvalue weighted by Crippen LogP contribution is -2.31. The fourth-order valence-corrected chi connectivity index (χ4v) is 2.46. The van der Waals surface area contributed by atoms with Gasteiger partial charge in [0.2, 0.25) is 5.91 Å². The van der Waals surface area contributed by atoms with Crippen molar-refractivity contribution >= 4 is 44.0 Å². The van der Waals surface area contributed by atoms with Crippen molar-refractivity contribution in [3.8, 4) is 0 Å². The van der Waals surface area contributed by atoms with Gasteiger partial charge in [0.1, 0.15) is 5.00 Å². The van der Waals surface area contributed by atoms with E-state index in [1.165, 1.54) is 11.3 Å². The molecule has 2 aromatic rings. The lowest BCUT2D eigenvalue weighted by Gasteiger charge is -2.15. The monoisotopic (exact) mass is 351 g/mol. The Morgan fingerprint density at radius 2 is 1.80 bits per heavy atom. The molecule has 0 aliphatic heterocycles. The SMILES string of the molecule is CC(C)(Br)C(=O)Nc1sccc1C(=O)c1ccccc1. The second-order valence-electron chi connectivity index (χ2n) is 4.79. The standard InChI is InChI=1S/C15H14BrNO2S/c1-15(2,16)14(19)17-13-11(8-9-20-13)12(18)10-6-4-3-5-7-10/h3-9H,1-2H3,(H,17,19). The van der Waals surface area contributed by atoms with E-state index >= 15 is 0 Å². The number of ketones is 1. The van der Waals surface area contributed by atoms with Gasteiger partial charge in [-0.05, 0) is 25.3 Å². The molecule has 0 atom stereocenters. The molecule has 0 saturated carbocycles. The van der Waals surface area contributed by atoms with Crippen LogP contribution in [0.2, 0.25) is 0 Å². The molecule has 20 heavy (non-hydrogen) atoms. The second kappa shape index (κ2) is 5.89. The molecule has 0 unspecified atom stereocenters. The summed E-state index contributed by atoms with van der Waals surface area (Å²) < 4.78 is -0.677. The number of hydrogen-bond donors (Lipinski definition) is 1. The molecule has 5 heteroatoms. The third-order valence-electron chi connectivity index (χ3n) is 2.71. The molecule has 1 N–H and O–H groups in total. The number of amides is 1. The molecular weight excluding hydrogens is 338 g/mol. The average Bonchev–Trinajstić information content (AvgIpc) is 2.86. The van der Waals surface area contributed by atoms with Gasteiger partial charge in [-0.25, -0.2) is 0 Å². The van der Waals surface area contributed by atoms with Gasteiger partial charge in [0.25, 0.3) is 0 Å². The number of carbonyl (C=O) groups excluding carboxylic acids is 2. The molecule has 104 valence electrons. The predicted molar refractivity (Wildman–Crippen MR) is 85.8 cm³/mol. The van der Waals surface area contributed by atoms with Crippen molar-refractivity contribution in [1.29, 1.82) is 0 Å². The van der Waals surface area contributed by atoms with Crippen LogP contribution in [0.5, 0.6) is 0 Å². The maximum atomic E-state index is 12.4. The molecule has 0 fully saturated rings. The van der Waals surface area contributed by atoms with E-state index in [9.17, 15) is 9.59 Å². The molecule has 1 aromatic carbocycles. The van der Waals surface area contributed by atoms with E-state index in [-0.39, 0.29) is 11.7 Å². The highest BCUT2D eigenvalue weighted by Gasteiger charge is 2.25. The van der Waals surface area contributed by atoms with Gasteiger partial charge in [-0.3, -0.25) is 9.59 Å². The van der Waals surface area contributed by atoms with E-state index < -0.39 is 4.32 Å².